The Hall–Kier alpha value is -1.33. The number of pyridine rings is 1. The summed E-state index contributed by atoms with van der Waals surface area (Å²) in [6, 6.07) is 1.97. The van der Waals surface area contributed by atoms with Crippen LogP contribution in [0.4, 0.5) is 0 Å². The number of hydrogen-bond acceptors (Lipinski definition) is 2. The first-order valence-corrected chi connectivity index (χ1v) is 3.84. The highest BCUT2D eigenvalue weighted by Gasteiger charge is 1.86. The number of nitrogens with zero attached hydrogens (tertiary/aromatic N) is 1. The molecule has 1 N–H and O–H groups in total. The van der Waals surface area contributed by atoms with Crippen molar-refractivity contribution < 1.29 is 5.11 Å². The van der Waals surface area contributed by atoms with Crippen molar-refractivity contribution in [2.45, 2.75) is 13.3 Å². The Morgan fingerprint density at radius 3 is 3.00 bits per heavy atom. The molecule has 0 spiro atoms. The predicted octanol–water partition coefficient (Wildman–Crippen LogP) is 1.12. The lowest BCUT2D eigenvalue weighted by molar-refractivity contribution is 0.305. The zero-order valence-corrected chi connectivity index (χ0v) is 7.04. The van der Waals surface area contributed by atoms with Crippen molar-refractivity contribution in [2.24, 2.45) is 0 Å². The van der Waals surface area contributed by atoms with E-state index in [9.17, 15) is 0 Å². The Morgan fingerprint density at radius 1 is 1.50 bits per heavy atom. The lowest BCUT2D eigenvalue weighted by Crippen LogP contribution is -1.81. The van der Waals surface area contributed by atoms with Crippen LogP contribution in [0.3, 0.4) is 0 Å². The fraction of sp³-hybridized carbons (Fsp3) is 0.300. The highest BCUT2D eigenvalue weighted by Crippen LogP contribution is 1.98. The zero-order valence-electron chi connectivity index (χ0n) is 7.04. The molecule has 0 bridgehead atoms. The molecule has 1 rings (SSSR count). The zero-order chi connectivity index (χ0) is 8.81. The van der Waals surface area contributed by atoms with Crippen LogP contribution in [0.15, 0.2) is 18.5 Å². The molecule has 0 fully saturated rings. The van der Waals surface area contributed by atoms with E-state index in [0.29, 0.717) is 6.42 Å². The van der Waals surface area contributed by atoms with Gasteiger partial charge in [-0.3, -0.25) is 4.98 Å². The fourth-order valence-corrected chi connectivity index (χ4v) is 0.844. The van der Waals surface area contributed by atoms with Crippen molar-refractivity contribution in [3.8, 4) is 11.8 Å². The number of aryl methyl sites for hydroxylation is 1. The molecule has 1 heterocycles. The van der Waals surface area contributed by atoms with Crippen LogP contribution in [-0.2, 0) is 0 Å². The molecule has 2 heteroatoms. The molecule has 0 unspecified atom stereocenters. The van der Waals surface area contributed by atoms with Crippen LogP contribution in [0.1, 0.15) is 17.5 Å². The Bertz CT molecular complexity index is 309. The Balaban J connectivity index is 2.71. The molecule has 0 aliphatic heterocycles. The maximum Gasteiger partial charge on any atom is 0.0540 e. The van der Waals surface area contributed by atoms with Gasteiger partial charge in [0.15, 0.2) is 0 Å². The van der Waals surface area contributed by atoms with Crippen molar-refractivity contribution in [3.05, 3.63) is 29.6 Å². The van der Waals surface area contributed by atoms with Gasteiger partial charge in [-0.15, -0.1) is 0 Å². The molecule has 2 nitrogen and oxygen atoms in total. The summed E-state index contributed by atoms with van der Waals surface area (Å²) in [7, 11) is 0. The molecule has 62 valence electrons. The van der Waals surface area contributed by atoms with Crippen LogP contribution in [0.2, 0.25) is 0 Å². The fourth-order valence-electron chi connectivity index (χ4n) is 0.844. The highest BCUT2D eigenvalue weighted by molar-refractivity contribution is 5.33. The van der Waals surface area contributed by atoms with Crippen molar-refractivity contribution in [3.63, 3.8) is 0 Å². The van der Waals surface area contributed by atoms with Gasteiger partial charge in [0.05, 0.1) is 6.61 Å². The van der Waals surface area contributed by atoms with Gasteiger partial charge in [0.1, 0.15) is 0 Å². The summed E-state index contributed by atoms with van der Waals surface area (Å²) in [5.41, 5.74) is 2.01. The van der Waals surface area contributed by atoms with Gasteiger partial charge in [0.2, 0.25) is 0 Å². The first kappa shape index (κ1) is 8.76. The van der Waals surface area contributed by atoms with Crippen LogP contribution in [0, 0.1) is 18.8 Å². The van der Waals surface area contributed by atoms with Gasteiger partial charge >= 0.3 is 0 Å². The molecule has 0 radical (unpaired) electrons. The first-order valence-electron chi connectivity index (χ1n) is 3.84. The maximum atomic E-state index is 8.48. The smallest absolute Gasteiger partial charge is 0.0540 e. The average Bonchev–Trinajstić information content (AvgIpc) is 2.05. The summed E-state index contributed by atoms with van der Waals surface area (Å²) in [4.78, 5) is 4.00. The van der Waals surface area contributed by atoms with Crippen molar-refractivity contribution >= 4 is 0 Å². The summed E-state index contributed by atoms with van der Waals surface area (Å²) in [6.45, 7) is 2.09. The minimum Gasteiger partial charge on any atom is -0.395 e. The second-order valence-corrected chi connectivity index (χ2v) is 2.53. The second kappa shape index (κ2) is 4.53. The molecule has 0 saturated carbocycles. The summed E-state index contributed by atoms with van der Waals surface area (Å²) in [5, 5.41) is 8.48. The SMILES string of the molecule is Cc1cncc(C#CCCO)c1. The van der Waals surface area contributed by atoms with Gasteiger partial charge in [0.25, 0.3) is 0 Å². The summed E-state index contributed by atoms with van der Waals surface area (Å²) in [6.07, 6.45) is 4.03. The molecule has 1 aromatic rings. The van der Waals surface area contributed by atoms with Crippen molar-refractivity contribution in [1.82, 2.24) is 4.98 Å². The van der Waals surface area contributed by atoms with E-state index in [1.807, 2.05) is 13.0 Å². The Morgan fingerprint density at radius 2 is 2.33 bits per heavy atom. The van der Waals surface area contributed by atoms with Crippen LogP contribution in [0.5, 0.6) is 0 Å². The molecule has 0 aromatic carbocycles. The van der Waals surface area contributed by atoms with E-state index < -0.39 is 0 Å². The van der Waals surface area contributed by atoms with Crippen LogP contribution >= 0.6 is 0 Å². The predicted molar refractivity (Wildman–Crippen MR) is 47.6 cm³/mol. The van der Waals surface area contributed by atoms with Gasteiger partial charge in [0, 0.05) is 24.4 Å². The van der Waals surface area contributed by atoms with Crippen LogP contribution in [0.25, 0.3) is 0 Å². The minimum absolute atomic E-state index is 0.117. The van der Waals surface area contributed by atoms with Gasteiger partial charge in [-0.05, 0) is 18.6 Å². The molecule has 0 atom stereocenters. The third-order valence-corrected chi connectivity index (χ3v) is 1.34. The molecular weight excluding hydrogens is 150 g/mol. The largest absolute Gasteiger partial charge is 0.395 e. The minimum atomic E-state index is 0.117. The Labute approximate surface area is 72.3 Å². The number of aliphatic hydroxyl groups is 1. The van der Waals surface area contributed by atoms with Crippen molar-refractivity contribution in [1.29, 1.82) is 0 Å². The third kappa shape index (κ3) is 2.73. The molecular formula is C10H11NO. The van der Waals surface area contributed by atoms with Gasteiger partial charge < -0.3 is 5.11 Å². The number of aromatic nitrogens is 1. The van der Waals surface area contributed by atoms with Gasteiger partial charge in [-0.2, -0.15) is 0 Å². The second-order valence-electron chi connectivity index (χ2n) is 2.53. The average molecular weight is 161 g/mol. The number of aliphatic hydroxyl groups excluding tert-OH is 1. The maximum absolute atomic E-state index is 8.48. The van der Waals surface area contributed by atoms with E-state index in [2.05, 4.69) is 16.8 Å². The molecule has 0 aliphatic carbocycles. The topological polar surface area (TPSA) is 33.1 Å². The van der Waals surface area contributed by atoms with E-state index in [0.717, 1.165) is 11.1 Å². The molecule has 0 amide bonds. The standard InChI is InChI=1S/C10H11NO/c1-9-6-10(8-11-7-9)4-2-3-5-12/h6-8,12H,3,5H2,1H3. The van der Waals surface area contributed by atoms with E-state index >= 15 is 0 Å². The molecule has 1 aromatic heterocycles. The molecule has 0 aliphatic rings. The summed E-state index contributed by atoms with van der Waals surface area (Å²) < 4.78 is 0. The Kier molecular flexibility index (Phi) is 3.31. The van der Waals surface area contributed by atoms with Crippen LogP contribution in [-0.4, -0.2) is 16.7 Å². The third-order valence-electron chi connectivity index (χ3n) is 1.34. The van der Waals surface area contributed by atoms with Crippen LogP contribution < -0.4 is 0 Å². The monoisotopic (exact) mass is 161 g/mol. The normalized spacial score (nSPS) is 8.83. The van der Waals surface area contributed by atoms with E-state index in [-0.39, 0.29) is 6.61 Å². The number of rotatable bonds is 1. The van der Waals surface area contributed by atoms with E-state index in [1.165, 1.54) is 0 Å². The quantitative estimate of drug-likeness (QED) is 0.626. The first-order chi connectivity index (χ1) is 5.83. The van der Waals surface area contributed by atoms with E-state index in [1.54, 1.807) is 12.4 Å². The van der Waals surface area contributed by atoms with Gasteiger partial charge in [-0.25, -0.2) is 0 Å². The molecule has 0 saturated heterocycles. The van der Waals surface area contributed by atoms with Crippen molar-refractivity contribution in [2.75, 3.05) is 6.61 Å². The molecule has 12 heavy (non-hydrogen) atoms. The summed E-state index contributed by atoms with van der Waals surface area (Å²) in [5.74, 6) is 5.75. The van der Waals surface area contributed by atoms with E-state index in [4.69, 9.17) is 5.11 Å². The lowest BCUT2D eigenvalue weighted by Gasteiger charge is -1.90. The number of hydrogen-bond donors (Lipinski definition) is 1. The highest BCUT2D eigenvalue weighted by atomic mass is 16.2. The van der Waals surface area contributed by atoms with Gasteiger partial charge in [-0.1, -0.05) is 11.8 Å². The summed E-state index contributed by atoms with van der Waals surface area (Å²) >= 11 is 0. The lowest BCUT2D eigenvalue weighted by atomic mass is 10.2.